The van der Waals surface area contributed by atoms with Crippen molar-refractivity contribution in [2.75, 3.05) is 25.1 Å². The molecular formula is C16H22N2O3. The summed E-state index contributed by atoms with van der Waals surface area (Å²) in [6, 6.07) is 7.10. The number of nitrogens with one attached hydrogen (secondary N) is 1. The second-order valence-electron chi connectivity index (χ2n) is 5.69. The minimum absolute atomic E-state index is 0.00642. The molecule has 2 rings (SSSR count). The van der Waals surface area contributed by atoms with Crippen molar-refractivity contribution in [2.24, 2.45) is 11.8 Å². The van der Waals surface area contributed by atoms with Crippen molar-refractivity contribution in [2.45, 2.75) is 19.8 Å². The van der Waals surface area contributed by atoms with Gasteiger partial charge in [-0.05, 0) is 30.9 Å². The van der Waals surface area contributed by atoms with Gasteiger partial charge in [-0.1, -0.05) is 19.1 Å². The Hall–Kier alpha value is -1.88. The number of aliphatic hydroxyl groups excluding tert-OH is 1. The van der Waals surface area contributed by atoms with Crippen molar-refractivity contribution < 1.29 is 14.7 Å². The molecule has 1 saturated carbocycles. The zero-order chi connectivity index (χ0) is 15.4. The summed E-state index contributed by atoms with van der Waals surface area (Å²) in [4.78, 5) is 26.0. The fraction of sp³-hybridized carbons (Fsp3) is 0.500. The number of hydrogen-bond acceptors (Lipinski definition) is 3. The Labute approximate surface area is 125 Å². The van der Waals surface area contributed by atoms with Crippen molar-refractivity contribution >= 4 is 17.5 Å². The predicted molar refractivity (Wildman–Crippen MR) is 81.2 cm³/mol. The molecule has 1 aliphatic carbocycles. The molecule has 0 spiro atoms. The number of hydrogen-bond donors (Lipinski definition) is 2. The second kappa shape index (κ2) is 6.72. The van der Waals surface area contributed by atoms with E-state index in [9.17, 15) is 9.59 Å². The highest BCUT2D eigenvalue weighted by Gasteiger charge is 2.33. The van der Waals surface area contributed by atoms with Crippen molar-refractivity contribution in [3.8, 4) is 0 Å². The molecule has 2 N–H and O–H groups in total. The van der Waals surface area contributed by atoms with E-state index in [4.69, 9.17) is 5.11 Å². The molecule has 0 aromatic heterocycles. The molecule has 1 aliphatic rings. The first-order valence-electron chi connectivity index (χ1n) is 7.30. The summed E-state index contributed by atoms with van der Waals surface area (Å²) < 4.78 is 0. The Bertz CT molecular complexity index is 526. The third-order valence-corrected chi connectivity index (χ3v) is 3.69. The molecule has 0 bridgehead atoms. The number of benzene rings is 1. The summed E-state index contributed by atoms with van der Waals surface area (Å²) in [6.07, 6.45) is 1.87. The van der Waals surface area contributed by atoms with Crippen molar-refractivity contribution in [3.63, 3.8) is 0 Å². The smallest absolute Gasteiger partial charge is 0.253 e. The molecule has 1 atom stereocenters. The van der Waals surface area contributed by atoms with E-state index in [0.717, 1.165) is 12.8 Å². The monoisotopic (exact) mass is 290 g/mol. The normalized spacial score (nSPS) is 15.4. The lowest BCUT2D eigenvalue weighted by Gasteiger charge is -2.20. The van der Waals surface area contributed by atoms with Gasteiger partial charge in [-0.2, -0.15) is 0 Å². The van der Waals surface area contributed by atoms with E-state index < -0.39 is 0 Å². The van der Waals surface area contributed by atoms with Crippen LogP contribution in [-0.4, -0.2) is 37.1 Å². The van der Waals surface area contributed by atoms with E-state index in [1.54, 1.807) is 30.1 Å². The summed E-state index contributed by atoms with van der Waals surface area (Å²) in [5, 5.41) is 11.8. The summed E-state index contributed by atoms with van der Waals surface area (Å²) in [5.41, 5.74) is 1.11. The van der Waals surface area contributed by atoms with Gasteiger partial charge < -0.3 is 15.3 Å². The van der Waals surface area contributed by atoms with Crippen LogP contribution in [0.4, 0.5) is 5.69 Å². The van der Waals surface area contributed by atoms with Crippen molar-refractivity contribution in [1.82, 2.24) is 5.32 Å². The highest BCUT2D eigenvalue weighted by Crippen LogP contribution is 2.33. The summed E-state index contributed by atoms with van der Waals surface area (Å²) in [6.45, 7) is 2.29. The average molecular weight is 290 g/mol. The van der Waals surface area contributed by atoms with Gasteiger partial charge in [0.1, 0.15) is 0 Å². The van der Waals surface area contributed by atoms with Crippen LogP contribution in [0.15, 0.2) is 24.3 Å². The number of para-hydroxylation sites is 1. The Morgan fingerprint density at radius 1 is 1.38 bits per heavy atom. The van der Waals surface area contributed by atoms with Gasteiger partial charge in [0.15, 0.2) is 0 Å². The molecule has 1 aromatic carbocycles. The van der Waals surface area contributed by atoms with E-state index in [2.05, 4.69) is 5.32 Å². The highest BCUT2D eigenvalue weighted by molar-refractivity contribution is 6.05. The van der Waals surface area contributed by atoms with Crippen LogP contribution in [0.2, 0.25) is 0 Å². The Morgan fingerprint density at radius 3 is 2.67 bits per heavy atom. The van der Waals surface area contributed by atoms with Crippen molar-refractivity contribution in [3.05, 3.63) is 29.8 Å². The first-order chi connectivity index (χ1) is 10.0. The fourth-order valence-corrected chi connectivity index (χ4v) is 2.11. The number of carbonyl (C=O) groups is 2. The van der Waals surface area contributed by atoms with E-state index >= 15 is 0 Å². The van der Waals surface area contributed by atoms with Crippen LogP contribution in [-0.2, 0) is 4.79 Å². The van der Waals surface area contributed by atoms with Crippen molar-refractivity contribution in [1.29, 1.82) is 0 Å². The quantitative estimate of drug-likeness (QED) is 0.832. The molecule has 114 valence electrons. The van der Waals surface area contributed by atoms with Gasteiger partial charge in [-0.25, -0.2) is 0 Å². The first-order valence-corrected chi connectivity index (χ1v) is 7.30. The van der Waals surface area contributed by atoms with Gasteiger partial charge >= 0.3 is 0 Å². The molecule has 1 aromatic rings. The van der Waals surface area contributed by atoms with Crippen LogP contribution in [0.3, 0.4) is 0 Å². The summed E-state index contributed by atoms with van der Waals surface area (Å²) in [7, 11) is 1.71. The summed E-state index contributed by atoms with van der Waals surface area (Å²) in [5.74, 6) is -0.0345. The Morgan fingerprint density at radius 2 is 2.05 bits per heavy atom. The van der Waals surface area contributed by atoms with E-state index in [-0.39, 0.29) is 30.3 Å². The molecule has 2 amide bonds. The molecule has 1 unspecified atom stereocenters. The van der Waals surface area contributed by atoms with E-state index in [0.29, 0.717) is 17.8 Å². The number of anilines is 1. The average Bonchev–Trinajstić information content (AvgIpc) is 3.35. The Kier molecular flexibility index (Phi) is 4.96. The molecule has 1 fully saturated rings. The minimum Gasteiger partial charge on any atom is -0.396 e. The minimum atomic E-state index is -0.221. The lowest BCUT2D eigenvalue weighted by Crippen LogP contribution is -2.33. The number of nitrogens with zero attached hydrogens (tertiary/aromatic N) is 1. The van der Waals surface area contributed by atoms with Gasteiger partial charge in [0, 0.05) is 26.1 Å². The summed E-state index contributed by atoms with van der Waals surface area (Å²) >= 11 is 0. The zero-order valence-corrected chi connectivity index (χ0v) is 12.5. The molecule has 0 saturated heterocycles. The Balaban J connectivity index is 2.12. The fourth-order valence-electron chi connectivity index (χ4n) is 2.11. The molecule has 0 heterocycles. The molecular weight excluding hydrogens is 268 g/mol. The van der Waals surface area contributed by atoms with Gasteiger partial charge in [-0.15, -0.1) is 0 Å². The zero-order valence-electron chi connectivity index (χ0n) is 12.5. The standard InChI is InChI=1S/C16H22N2O3/c1-11(10-19)9-17-15(20)13-5-3-4-6-14(13)18(2)16(21)12-7-8-12/h3-6,11-12,19H,7-10H2,1-2H3,(H,17,20). The molecule has 0 aliphatic heterocycles. The van der Waals surface area contributed by atoms with Gasteiger partial charge in [0.2, 0.25) is 5.91 Å². The second-order valence-corrected chi connectivity index (χ2v) is 5.69. The van der Waals surface area contributed by atoms with Crippen LogP contribution in [0.5, 0.6) is 0 Å². The van der Waals surface area contributed by atoms with Gasteiger partial charge in [-0.3, -0.25) is 9.59 Å². The molecule has 5 heteroatoms. The van der Waals surface area contributed by atoms with Crippen LogP contribution in [0, 0.1) is 11.8 Å². The maximum Gasteiger partial charge on any atom is 0.253 e. The highest BCUT2D eigenvalue weighted by atomic mass is 16.3. The van der Waals surface area contributed by atoms with E-state index in [1.807, 2.05) is 13.0 Å². The lowest BCUT2D eigenvalue weighted by atomic mass is 10.1. The third kappa shape index (κ3) is 3.82. The van der Waals surface area contributed by atoms with Crippen LogP contribution < -0.4 is 10.2 Å². The topological polar surface area (TPSA) is 69.6 Å². The third-order valence-electron chi connectivity index (χ3n) is 3.69. The SMILES string of the molecule is CC(CO)CNC(=O)c1ccccc1N(C)C(=O)C1CC1. The van der Waals surface area contributed by atoms with Gasteiger partial charge in [0.25, 0.3) is 5.91 Å². The number of amides is 2. The largest absolute Gasteiger partial charge is 0.396 e. The molecule has 5 nitrogen and oxygen atoms in total. The van der Waals surface area contributed by atoms with Crippen LogP contribution in [0.25, 0.3) is 0 Å². The maximum atomic E-state index is 12.3. The number of aliphatic hydroxyl groups is 1. The van der Waals surface area contributed by atoms with E-state index in [1.165, 1.54) is 0 Å². The van der Waals surface area contributed by atoms with Crippen LogP contribution >= 0.6 is 0 Å². The molecule has 0 radical (unpaired) electrons. The maximum absolute atomic E-state index is 12.3. The molecule has 21 heavy (non-hydrogen) atoms. The lowest BCUT2D eigenvalue weighted by molar-refractivity contribution is -0.119. The first kappa shape index (κ1) is 15.5. The predicted octanol–water partition coefficient (Wildman–Crippen LogP) is 1.42. The van der Waals surface area contributed by atoms with Gasteiger partial charge in [0.05, 0.1) is 11.3 Å². The van der Waals surface area contributed by atoms with Crippen LogP contribution in [0.1, 0.15) is 30.1 Å². The number of rotatable bonds is 6. The number of carbonyl (C=O) groups excluding carboxylic acids is 2.